The number of H-pyrrole nitrogens is 2. The first-order valence-electron chi connectivity index (χ1n) is 16.7. The molecule has 0 radical (unpaired) electrons. The number of aromatic amines is 2. The van der Waals surface area contributed by atoms with E-state index < -0.39 is 0 Å². The summed E-state index contributed by atoms with van der Waals surface area (Å²) >= 11 is 0. The highest BCUT2D eigenvalue weighted by molar-refractivity contribution is 6.08. The van der Waals surface area contributed by atoms with Crippen LogP contribution in [0, 0.1) is 27.7 Å². The average molecular weight is 621 g/mol. The maximum Gasteiger partial charge on any atom is 0.131 e. The summed E-state index contributed by atoms with van der Waals surface area (Å²) in [4.78, 5) is 18.2. The van der Waals surface area contributed by atoms with Crippen LogP contribution in [0.5, 0.6) is 11.5 Å². The van der Waals surface area contributed by atoms with Gasteiger partial charge in [0.05, 0.1) is 25.6 Å². The standard InChI is InChI=1S/C41H40N4O2/c1-19-20(2)29-15-30-21(3)22(4)31(44-30)16-32-35-26-14-27(38-37(26)39(46-7)24-11-9-10-12-25(24)40(38)47-8)36(35)33(45-32)17-34-41(5,6)18-23(42-34)13-28(19)43-29/h9-13,15-17,26-27,43-44H,14,18H2,1-8H3/t26-,27+/m0/s1. The van der Waals surface area contributed by atoms with Crippen molar-refractivity contribution in [3.63, 3.8) is 0 Å². The molecule has 47 heavy (non-hydrogen) atoms. The molecule has 236 valence electrons. The number of ether oxygens (including phenoxy) is 2. The lowest BCUT2D eigenvalue weighted by molar-refractivity contribution is 0.404. The van der Waals surface area contributed by atoms with Crippen molar-refractivity contribution in [3.05, 3.63) is 105 Å². The van der Waals surface area contributed by atoms with E-state index in [1.165, 1.54) is 44.5 Å². The van der Waals surface area contributed by atoms with Crippen LogP contribution in [0.25, 0.3) is 44.0 Å². The highest BCUT2D eigenvalue weighted by Crippen LogP contribution is 2.68. The topological polar surface area (TPSA) is 75.8 Å². The molecule has 0 saturated heterocycles. The molecular weight excluding hydrogens is 580 g/mol. The van der Waals surface area contributed by atoms with Crippen LogP contribution in [0.3, 0.4) is 0 Å². The minimum Gasteiger partial charge on any atom is -0.496 e. The summed E-state index contributed by atoms with van der Waals surface area (Å²) in [7, 11) is 3.60. The van der Waals surface area contributed by atoms with Crippen molar-refractivity contribution in [3.8, 4) is 11.5 Å². The van der Waals surface area contributed by atoms with Crippen molar-refractivity contribution in [2.24, 2.45) is 0 Å². The average Bonchev–Trinajstić information content (AvgIpc) is 3.87. The predicted octanol–water partition coefficient (Wildman–Crippen LogP) is 9.43. The second kappa shape index (κ2) is 9.60. The molecule has 2 aliphatic carbocycles. The Kier molecular flexibility index (Phi) is 5.80. The van der Waals surface area contributed by atoms with Crippen LogP contribution in [0.2, 0.25) is 0 Å². The largest absolute Gasteiger partial charge is 0.496 e. The normalized spacial score (nSPS) is 19.0. The summed E-state index contributed by atoms with van der Waals surface area (Å²) in [5, 5.41) is 2.19. The van der Waals surface area contributed by atoms with Gasteiger partial charge in [-0.2, -0.15) is 0 Å². The van der Waals surface area contributed by atoms with E-state index in [4.69, 9.17) is 19.4 Å². The minimum absolute atomic E-state index is 0.117. The van der Waals surface area contributed by atoms with Crippen LogP contribution in [0.1, 0.15) is 88.3 Å². The van der Waals surface area contributed by atoms with Crippen molar-refractivity contribution in [2.75, 3.05) is 14.2 Å². The van der Waals surface area contributed by atoms with Gasteiger partial charge in [0.2, 0.25) is 0 Å². The summed E-state index contributed by atoms with van der Waals surface area (Å²) in [6, 6.07) is 17.5. The first kappa shape index (κ1) is 28.4. The van der Waals surface area contributed by atoms with Crippen LogP contribution >= 0.6 is 0 Å². The van der Waals surface area contributed by atoms with Gasteiger partial charge in [-0.1, -0.05) is 38.1 Å². The summed E-state index contributed by atoms with van der Waals surface area (Å²) in [6.07, 6.45) is 1.86. The Morgan fingerprint density at radius 2 is 1.15 bits per heavy atom. The SMILES string of the molecule is COc1c2c(c(OC)c3ccccc13)[C@H]1C[C@@H]2C2=C1c1cc3[nH]c(cc4[nH]c(cc5nc(cc2n1)C(C)(C)C5)c(C)c4C)c(C)c3C. The Balaban J connectivity index is 1.39. The summed E-state index contributed by atoms with van der Waals surface area (Å²) in [5.74, 6) is 2.25. The number of aromatic nitrogens is 4. The molecule has 9 rings (SSSR count). The predicted molar refractivity (Wildman–Crippen MR) is 191 cm³/mol. The van der Waals surface area contributed by atoms with Gasteiger partial charge in [-0.25, -0.2) is 4.98 Å². The molecule has 0 amide bonds. The quantitative estimate of drug-likeness (QED) is 0.206. The van der Waals surface area contributed by atoms with Crippen LogP contribution in [-0.2, 0) is 11.8 Å². The smallest absolute Gasteiger partial charge is 0.131 e. The zero-order valence-electron chi connectivity index (χ0n) is 28.4. The molecule has 5 aromatic rings. The van der Waals surface area contributed by atoms with Crippen LogP contribution in [0.15, 0.2) is 48.5 Å². The van der Waals surface area contributed by atoms with E-state index in [2.05, 4.69) is 100 Å². The van der Waals surface area contributed by atoms with Crippen molar-refractivity contribution >= 4 is 44.0 Å². The molecule has 0 fully saturated rings. The van der Waals surface area contributed by atoms with Gasteiger partial charge in [0, 0.05) is 79.0 Å². The number of fused-ring (bicyclic) bond motifs is 18. The molecule has 5 heterocycles. The summed E-state index contributed by atoms with van der Waals surface area (Å²) in [6.45, 7) is 13.4. The number of allylic oxidation sites excluding steroid dienone is 2. The fraction of sp³-hybridized carbons (Fsp3) is 0.317. The van der Waals surface area contributed by atoms with Gasteiger partial charge in [0.25, 0.3) is 0 Å². The Labute approximate surface area is 274 Å². The summed E-state index contributed by atoms with van der Waals surface area (Å²) in [5.41, 5.74) is 18.7. The molecule has 4 aliphatic rings. The van der Waals surface area contributed by atoms with Gasteiger partial charge in [-0.05, 0) is 91.8 Å². The fourth-order valence-corrected chi connectivity index (χ4v) is 8.85. The Bertz CT molecular complexity index is 2420. The molecular formula is C41H40N4O2. The molecule has 0 unspecified atom stereocenters. The fourth-order valence-electron chi connectivity index (χ4n) is 8.85. The number of hydrogen-bond donors (Lipinski definition) is 2. The van der Waals surface area contributed by atoms with Crippen molar-refractivity contribution in [1.82, 2.24) is 19.9 Å². The molecule has 0 saturated carbocycles. The molecule has 6 nitrogen and oxygen atoms in total. The number of benzene rings is 2. The van der Waals surface area contributed by atoms with E-state index >= 15 is 0 Å². The first-order valence-corrected chi connectivity index (χ1v) is 16.7. The zero-order valence-corrected chi connectivity index (χ0v) is 28.4. The van der Waals surface area contributed by atoms with Gasteiger partial charge in [0.1, 0.15) is 11.5 Å². The van der Waals surface area contributed by atoms with Gasteiger partial charge in [-0.15, -0.1) is 0 Å². The highest BCUT2D eigenvalue weighted by atomic mass is 16.5. The van der Waals surface area contributed by atoms with Crippen molar-refractivity contribution in [2.45, 2.75) is 71.6 Å². The lowest BCUT2D eigenvalue weighted by atomic mass is 9.81. The van der Waals surface area contributed by atoms with E-state index in [0.29, 0.717) is 0 Å². The first-order chi connectivity index (χ1) is 22.6. The molecule has 3 aromatic heterocycles. The third-order valence-electron chi connectivity index (χ3n) is 11.6. The lowest BCUT2D eigenvalue weighted by Crippen LogP contribution is -2.15. The van der Waals surface area contributed by atoms with Gasteiger partial charge < -0.3 is 19.4 Å². The maximum atomic E-state index is 6.23. The molecule has 2 aliphatic heterocycles. The molecule has 6 heteroatoms. The van der Waals surface area contributed by atoms with Gasteiger partial charge in [0.15, 0.2) is 0 Å². The van der Waals surface area contributed by atoms with Gasteiger partial charge >= 0.3 is 0 Å². The number of methoxy groups -OCH3 is 2. The lowest BCUT2D eigenvalue weighted by Gasteiger charge is -2.25. The maximum absolute atomic E-state index is 6.23. The van der Waals surface area contributed by atoms with Crippen molar-refractivity contribution in [1.29, 1.82) is 0 Å². The van der Waals surface area contributed by atoms with E-state index in [1.54, 1.807) is 14.2 Å². The third kappa shape index (κ3) is 3.78. The number of aryl methyl sites for hydroxylation is 4. The number of nitrogens with one attached hydrogen (secondary N) is 2. The molecule has 2 atom stereocenters. The van der Waals surface area contributed by atoms with Crippen LogP contribution in [0.4, 0.5) is 0 Å². The van der Waals surface area contributed by atoms with E-state index in [0.717, 1.165) is 80.0 Å². The zero-order chi connectivity index (χ0) is 32.5. The molecule has 2 N–H and O–H groups in total. The Hall–Kier alpha value is -4.84. The Morgan fingerprint density at radius 3 is 1.68 bits per heavy atom. The number of hydrogen-bond acceptors (Lipinski definition) is 4. The van der Waals surface area contributed by atoms with E-state index in [9.17, 15) is 0 Å². The van der Waals surface area contributed by atoms with Crippen molar-refractivity contribution < 1.29 is 9.47 Å². The molecule has 10 bridgehead atoms. The second-order valence-corrected chi connectivity index (χ2v) is 14.5. The highest BCUT2D eigenvalue weighted by Gasteiger charge is 2.51. The third-order valence-corrected chi connectivity index (χ3v) is 11.6. The van der Waals surface area contributed by atoms with E-state index in [1.807, 2.05) is 0 Å². The second-order valence-electron chi connectivity index (χ2n) is 14.5. The Morgan fingerprint density at radius 1 is 0.660 bits per heavy atom. The number of nitrogens with zero attached hydrogens (tertiary/aromatic N) is 2. The number of rotatable bonds is 2. The monoisotopic (exact) mass is 620 g/mol. The molecule has 2 aromatic carbocycles. The van der Waals surface area contributed by atoms with Crippen LogP contribution < -0.4 is 9.47 Å². The van der Waals surface area contributed by atoms with E-state index in [-0.39, 0.29) is 17.3 Å². The molecule has 0 spiro atoms. The van der Waals surface area contributed by atoms with Gasteiger partial charge in [-0.3, -0.25) is 4.98 Å². The van der Waals surface area contributed by atoms with Crippen LogP contribution in [-0.4, -0.2) is 34.2 Å². The summed E-state index contributed by atoms with van der Waals surface area (Å²) < 4.78 is 12.5. The minimum atomic E-state index is -0.117.